The van der Waals surface area contributed by atoms with Gasteiger partial charge in [-0.1, -0.05) is 11.6 Å². The highest BCUT2D eigenvalue weighted by Crippen LogP contribution is 2.25. The van der Waals surface area contributed by atoms with E-state index < -0.39 is 0 Å². The van der Waals surface area contributed by atoms with Crippen LogP contribution in [-0.2, 0) is 0 Å². The number of carbonyl (C=O) groups excluding carboxylic acids is 1. The molecule has 1 heterocycles. The third-order valence-electron chi connectivity index (χ3n) is 1.97. The number of nitrogens with one attached hydrogen (secondary N) is 2. The van der Waals surface area contributed by atoms with Crippen molar-refractivity contribution >= 4 is 29.0 Å². The second-order valence-electron chi connectivity index (χ2n) is 2.77. The zero-order valence-corrected chi connectivity index (χ0v) is 7.27. The van der Waals surface area contributed by atoms with Gasteiger partial charge in [0.2, 0.25) is 0 Å². The largest absolute Gasteiger partial charge is 0.424 e. The summed E-state index contributed by atoms with van der Waals surface area (Å²) < 4.78 is 0. The van der Waals surface area contributed by atoms with Crippen LogP contribution in [0.15, 0.2) is 18.2 Å². The number of fused-ring (bicyclic) bond motifs is 1. The first kappa shape index (κ1) is 7.58. The van der Waals surface area contributed by atoms with Crippen molar-refractivity contribution in [2.75, 3.05) is 12.4 Å². The standard InChI is InChI=1S/C8H7ClN2O/c1-11-7-3-2-5(9)4-6(7)10-8(11)12/h2-4H,1H3,(H,10,12)/p+1. The van der Waals surface area contributed by atoms with Gasteiger partial charge in [0, 0.05) is 11.1 Å². The molecule has 1 unspecified atom stereocenters. The van der Waals surface area contributed by atoms with Crippen LogP contribution < -0.4 is 10.2 Å². The number of rotatable bonds is 0. The van der Waals surface area contributed by atoms with Crippen LogP contribution in [0.25, 0.3) is 0 Å². The SMILES string of the molecule is C[NH+]1C(=O)Nc2cc(Cl)ccc21. The molecule has 2 N–H and O–H groups in total. The van der Waals surface area contributed by atoms with Crippen molar-refractivity contribution in [2.24, 2.45) is 0 Å². The smallest absolute Gasteiger partial charge is 0.269 e. The minimum absolute atomic E-state index is 0.0349. The molecule has 1 aliphatic rings. The zero-order chi connectivity index (χ0) is 8.72. The summed E-state index contributed by atoms with van der Waals surface area (Å²) in [5, 5.41) is 3.37. The molecular formula is C8H8ClN2O+. The van der Waals surface area contributed by atoms with Crippen molar-refractivity contribution in [3.8, 4) is 0 Å². The molecular weight excluding hydrogens is 176 g/mol. The Bertz CT molecular complexity index is 351. The maximum absolute atomic E-state index is 11.2. The number of hydrogen-bond donors (Lipinski definition) is 2. The molecule has 62 valence electrons. The number of halogens is 1. The lowest BCUT2D eigenvalue weighted by atomic mass is 10.3. The molecule has 1 aromatic rings. The van der Waals surface area contributed by atoms with E-state index in [1.165, 1.54) is 0 Å². The van der Waals surface area contributed by atoms with Gasteiger partial charge < -0.3 is 0 Å². The number of amides is 2. The van der Waals surface area contributed by atoms with Crippen molar-refractivity contribution in [3.63, 3.8) is 0 Å². The van der Waals surface area contributed by atoms with Gasteiger partial charge in [-0.25, -0.2) is 9.69 Å². The van der Waals surface area contributed by atoms with Crippen LogP contribution >= 0.6 is 11.6 Å². The topological polar surface area (TPSA) is 33.5 Å². The number of urea groups is 1. The van der Waals surface area contributed by atoms with Crippen LogP contribution in [0, 0.1) is 0 Å². The quantitative estimate of drug-likeness (QED) is 0.619. The van der Waals surface area contributed by atoms with Crippen LogP contribution in [0.4, 0.5) is 16.2 Å². The summed E-state index contributed by atoms with van der Waals surface area (Å²) in [7, 11) is 1.80. The Kier molecular flexibility index (Phi) is 1.56. The Morgan fingerprint density at radius 1 is 1.50 bits per heavy atom. The summed E-state index contributed by atoms with van der Waals surface area (Å²) in [6.45, 7) is 0. The fourth-order valence-electron chi connectivity index (χ4n) is 1.29. The van der Waals surface area contributed by atoms with E-state index in [2.05, 4.69) is 5.32 Å². The first-order valence-electron chi connectivity index (χ1n) is 3.63. The lowest BCUT2D eigenvalue weighted by Crippen LogP contribution is -3.05. The second kappa shape index (κ2) is 2.47. The molecule has 1 aliphatic heterocycles. The van der Waals surface area contributed by atoms with E-state index in [-0.39, 0.29) is 6.03 Å². The molecule has 2 amide bonds. The molecule has 0 bridgehead atoms. The molecule has 0 radical (unpaired) electrons. The fourth-order valence-corrected chi connectivity index (χ4v) is 1.46. The third kappa shape index (κ3) is 0.983. The van der Waals surface area contributed by atoms with E-state index in [1.54, 1.807) is 19.2 Å². The Morgan fingerprint density at radius 3 is 3.00 bits per heavy atom. The minimum Gasteiger partial charge on any atom is -0.269 e. The van der Waals surface area contributed by atoms with Gasteiger partial charge in [-0.3, -0.25) is 5.32 Å². The molecule has 2 rings (SSSR count). The van der Waals surface area contributed by atoms with Crippen molar-refractivity contribution in [2.45, 2.75) is 0 Å². The average Bonchev–Trinajstić information content (AvgIpc) is 2.28. The summed E-state index contributed by atoms with van der Waals surface area (Å²) in [4.78, 5) is 11.9. The van der Waals surface area contributed by atoms with Gasteiger partial charge >= 0.3 is 6.03 Å². The van der Waals surface area contributed by atoms with E-state index in [0.29, 0.717) is 5.02 Å². The summed E-state index contributed by atoms with van der Waals surface area (Å²) >= 11 is 5.76. The Morgan fingerprint density at radius 2 is 2.25 bits per heavy atom. The normalized spacial score (nSPS) is 20.5. The molecule has 0 aliphatic carbocycles. The molecule has 1 aromatic carbocycles. The number of hydrogen-bond acceptors (Lipinski definition) is 1. The number of benzene rings is 1. The maximum Gasteiger partial charge on any atom is 0.424 e. The van der Waals surface area contributed by atoms with Crippen LogP contribution in [-0.4, -0.2) is 13.1 Å². The molecule has 0 aromatic heterocycles. The van der Waals surface area contributed by atoms with E-state index >= 15 is 0 Å². The number of carbonyl (C=O) groups is 1. The maximum atomic E-state index is 11.2. The monoisotopic (exact) mass is 183 g/mol. The van der Waals surface area contributed by atoms with Crippen LogP contribution in [0.3, 0.4) is 0 Å². The number of anilines is 1. The Balaban J connectivity index is 2.54. The van der Waals surface area contributed by atoms with Crippen molar-refractivity contribution in [1.29, 1.82) is 0 Å². The van der Waals surface area contributed by atoms with Gasteiger partial charge in [0.1, 0.15) is 5.69 Å². The van der Waals surface area contributed by atoms with Crippen molar-refractivity contribution < 1.29 is 9.69 Å². The second-order valence-corrected chi connectivity index (χ2v) is 3.21. The van der Waals surface area contributed by atoms with E-state index in [0.717, 1.165) is 16.3 Å². The predicted molar refractivity (Wildman–Crippen MR) is 47.0 cm³/mol. The lowest BCUT2D eigenvalue weighted by molar-refractivity contribution is -0.709. The molecule has 0 saturated heterocycles. The van der Waals surface area contributed by atoms with Crippen LogP contribution in [0.2, 0.25) is 5.02 Å². The Labute approximate surface area is 74.9 Å². The van der Waals surface area contributed by atoms with Gasteiger partial charge in [-0.2, -0.15) is 0 Å². The summed E-state index contributed by atoms with van der Waals surface area (Å²) in [6, 6.07) is 5.35. The highest BCUT2D eigenvalue weighted by atomic mass is 35.5. The van der Waals surface area contributed by atoms with Gasteiger partial charge in [-0.15, -0.1) is 0 Å². The van der Waals surface area contributed by atoms with Crippen molar-refractivity contribution in [1.82, 2.24) is 0 Å². The van der Waals surface area contributed by atoms with Crippen LogP contribution in [0.1, 0.15) is 0 Å². The minimum atomic E-state index is -0.0349. The third-order valence-corrected chi connectivity index (χ3v) is 2.21. The molecule has 3 nitrogen and oxygen atoms in total. The van der Waals surface area contributed by atoms with Gasteiger partial charge in [0.05, 0.1) is 7.05 Å². The average molecular weight is 184 g/mol. The van der Waals surface area contributed by atoms with Gasteiger partial charge in [0.25, 0.3) is 0 Å². The molecule has 4 heteroatoms. The first-order valence-corrected chi connectivity index (χ1v) is 4.01. The first-order chi connectivity index (χ1) is 5.68. The summed E-state index contributed by atoms with van der Waals surface area (Å²) in [5.41, 5.74) is 1.76. The van der Waals surface area contributed by atoms with E-state index in [4.69, 9.17) is 11.6 Å². The molecule has 1 atom stereocenters. The fraction of sp³-hybridized carbons (Fsp3) is 0.125. The molecule has 0 spiro atoms. The molecule has 12 heavy (non-hydrogen) atoms. The highest BCUT2D eigenvalue weighted by molar-refractivity contribution is 6.31. The Hall–Kier alpha value is -1.06. The molecule has 0 fully saturated rings. The highest BCUT2D eigenvalue weighted by Gasteiger charge is 2.29. The molecule has 0 saturated carbocycles. The summed E-state index contributed by atoms with van der Waals surface area (Å²) in [5.74, 6) is 0. The van der Waals surface area contributed by atoms with E-state index in [9.17, 15) is 4.79 Å². The van der Waals surface area contributed by atoms with Gasteiger partial charge in [0.15, 0.2) is 5.69 Å². The van der Waals surface area contributed by atoms with E-state index in [1.807, 2.05) is 6.07 Å². The number of quaternary nitrogens is 1. The van der Waals surface area contributed by atoms with Crippen LogP contribution in [0.5, 0.6) is 0 Å². The predicted octanol–water partition coefficient (Wildman–Crippen LogP) is 1.03. The zero-order valence-electron chi connectivity index (χ0n) is 6.52. The van der Waals surface area contributed by atoms with Gasteiger partial charge in [-0.05, 0) is 12.1 Å². The summed E-state index contributed by atoms with van der Waals surface area (Å²) in [6.07, 6.45) is 0. The lowest BCUT2D eigenvalue weighted by Gasteiger charge is -1.99. The van der Waals surface area contributed by atoms with Crippen molar-refractivity contribution in [3.05, 3.63) is 23.2 Å².